The molecule has 37 heavy (non-hydrogen) atoms. The van der Waals surface area contributed by atoms with Gasteiger partial charge in [0.05, 0.1) is 0 Å². The Bertz CT molecular complexity index is 1490. The van der Waals surface area contributed by atoms with Gasteiger partial charge in [0.25, 0.3) is 5.79 Å². The molecule has 0 saturated carbocycles. The number of benzene rings is 3. The molecule has 0 bridgehead atoms. The standard InChI is InChI=1S/C27H23N5O5/c1-27(2)36-25(33)22(26(34)37-27)15-29-19-7-3-5-16(13-19)23-30-24(32-31-23)17-6-4-8-21(14-17)35-20-11-9-18(28)10-12-20/h3-15,29H,28H2,1-2H3,(H,30,31,32). The fourth-order valence-electron chi connectivity index (χ4n) is 3.58. The first-order chi connectivity index (χ1) is 17.8. The molecule has 0 spiro atoms. The molecule has 4 aromatic rings. The molecule has 0 aliphatic carbocycles. The second kappa shape index (κ2) is 9.50. The first kappa shape index (κ1) is 23.6. The van der Waals surface area contributed by atoms with Crippen LogP contribution < -0.4 is 15.8 Å². The number of nitrogens with zero attached hydrogens (tertiary/aromatic N) is 2. The predicted molar refractivity (Wildman–Crippen MR) is 136 cm³/mol. The quantitative estimate of drug-likeness (QED) is 0.150. The number of carbonyl (C=O) groups is 2. The van der Waals surface area contributed by atoms with Crippen molar-refractivity contribution in [2.24, 2.45) is 0 Å². The molecule has 5 rings (SSSR count). The lowest BCUT2D eigenvalue weighted by atomic mass is 10.1. The molecular weight excluding hydrogens is 474 g/mol. The minimum absolute atomic E-state index is 0.231. The molecule has 0 unspecified atom stereocenters. The number of hydrogen-bond acceptors (Lipinski definition) is 9. The highest BCUT2D eigenvalue weighted by molar-refractivity contribution is 6.15. The van der Waals surface area contributed by atoms with Crippen LogP contribution in [0.5, 0.6) is 11.5 Å². The van der Waals surface area contributed by atoms with Crippen LogP contribution in [0.25, 0.3) is 22.8 Å². The summed E-state index contributed by atoms with van der Waals surface area (Å²) >= 11 is 0. The van der Waals surface area contributed by atoms with Gasteiger partial charge in [0.2, 0.25) is 0 Å². The Hall–Kier alpha value is -5.12. The molecule has 186 valence electrons. The molecule has 3 aromatic carbocycles. The number of aromatic amines is 1. The van der Waals surface area contributed by atoms with Gasteiger partial charge in [-0.15, -0.1) is 0 Å². The summed E-state index contributed by atoms with van der Waals surface area (Å²) in [6, 6.07) is 21.8. The topological polar surface area (TPSA) is 141 Å². The summed E-state index contributed by atoms with van der Waals surface area (Å²) in [5.74, 6) is -0.471. The number of hydrogen-bond donors (Lipinski definition) is 3. The Balaban J connectivity index is 1.32. The molecule has 0 amide bonds. The van der Waals surface area contributed by atoms with Crippen molar-refractivity contribution in [3.63, 3.8) is 0 Å². The van der Waals surface area contributed by atoms with Gasteiger partial charge in [0, 0.05) is 42.5 Å². The third-order valence-electron chi connectivity index (χ3n) is 5.33. The number of ether oxygens (including phenoxy) is 3. The van der Waals surface area contributed by atoms with Crippen LogP contribution in [0.2, 0.25) is 0 Å². The smallest absolute Gasteiger partial charge is 0.350 e. The molecule has 1 aromatic heterocycles. The highest BCUT2D eigenvalue weighted by Crippen LogP contribution is 2.28. The fourth-order valence-corrected chi connectivity index (χ4v) is 3.58. The third kappa shape index (κ3) is 5.43. The van der Waals surface area contributed by atoms with Crippen molar-refractivity contribution < 1.29 is 23.8 Å². The Labute approximate surface area is 212 Å². The van der Waals surface area contributed by atoms with Crippen molar-refractivity contribution in [1.29, 1.82) is 0 Å². The molecule has 1 aliphatic rings. The number of H-pyrrole nitrogens is 1. The summed E-state index contributed by atoms with van der Waals surface area (Å²) in [6.45, 7) is 2.98. The van der Waals surface area contributed by atoms with Crippen molar-refractivity contribution in [2.75, 3.05) is 11.1 Å². The van der Waals surface area contributed by atoms with E-state index < -0.39 is 17.7 Å². The summed E-state index contributed by atoms with van der Waals surface area (Å²) in [7, 11) is 0. The molecule has 10 nitrogen and oxygen atoms in total. The maximum absolute atomic E-state index is 12.1. The van der Waals surface area contributed by atoms with Crippen LogP contribution >= 0.6 is 0 Å². The fraction of sp³-hybridized carbons (Fsp3) is 0.111. The van der Waals surface area contributed by atoms with Crippen LogP contribution in [0.1, 0.15) is 13.8 Å². The van der Waals surface area contributed by atoms with Gasteiger partial charge in [-0.3, -0.25) is 5.10 Å². The molecule has 10 heteroatoms. The summed E-state index contributed by atoms with van der Waals surface area (Å²) in [4.78, 5) is 28.9. The van der Waals surface area contributed by atoms with E-state index in [1.54, 1.807) is 42.5 Å². The third-order valence-corrected chi connectivity index (χ3v) is 5.33. The second-order valence-electron chi connectivity index (χ2n) is 8.67. The first-order valence-corrected chi connectivity index (χ1v) is 11.4. The van der Waals surface area contributed by atoms with Gasteiger partial charge < -0.3 is 25.3 Å². The SMILES string of the molecule is CC1(C)OC(=O)C(=CNc2cccc(-c3n[nH]c(-c4cccc(Oc5ccc(N)cc5)c4)n3)c2)C(=O)O1. The summed E-state index contributed by atoms with van der Waals surface area (Å²) in [5, 5.41) is 10.2. The lowest BCUT2D eigenvalue weighted by molar-refractivity contribution is -0.222. The summed E-state index contributed by atoms with van der Waals surface area (Å²) in [6.07, 6.45) is 1.26. The van der Waals surface area contributed by atoms with Crippen LogP contribution in [-0.2, 0) is 19.1 Å². The van der Waals surface area contributed by atoms with Gasteiger partial charge in [-0.1, -0.05) is 24.3 Å². The maximum Gasteiger partial charge on any atom is 0.350 e. The number of nitrogens with one attached hydrogen (secondary N) is 2. The van der Waals surface area contributed by atoms with Gasteiger partial charge in [0.1, 0.15) is 11.5 Å². The van der Waals surface area contributed by atoms with Crippen molar-refractivity contribution in [2.45, 2.75) is 19.6 Å². The number of carbonyl (C=O) groups excluding carboxylic acids is 2. The van der Waals surface area contributed by atoms with Crippen molar-refractivity contribution in [3.8, 4) is 34.3 Å². The monoisotopic (exact) mass is 497 g/mol. The van der Waals surface area contributed by atoms with Gasteiger partial charge >= 0.3 is 11.9 Å². The normalized spacial score (nSPS) is 14.5. The number of anilines is 2. The van der Waals surface area contributed by atoms with E-state index in [0.717, 1.165) is 11.1 Å². The van der Waals surface area contributed by atoms with Gasteiger partial charge in [-0.05, 0) is 48.5 Å². The maximum atomic E-state index is 12.1. The van der Waals surface area contributed by atoms with E-state index in [0.29, 0.717) is 34.5 Å². The average Bonchev–Trinajstić information content (AvgIpc) is 3.35. The average molecular weight is 498 g/mol. The number of nitrogens with two attached hydrogens (primary N) is 1. The van der Waals surface area contributed by atoms with Crippen LogP contribution in [-0.4, -0.2) is 32.9 Å². The lowest BCUT2D eigenvalue weighted by Crippen LogP contribution is -2.42. The molecule has 1 fully saturated rings. The molecule has 1 aliphatic heterocycles. The Kier molecular flexibility index (Phi) is 6.06. The van der Waals surface area contributed by atoms with E-state index in [4.69, 9.17) is 19.9 Å². The second-order valence-corrected chi connectivity index (χ2v) is 8.67. The predicted octanol–water partition coefficient (Wildman–Crippen LogP) is 4.65. The van der Waals surface area contributed by atoms with E-state index in [1.165, 1.54) is 20.0 Å². The largest absolute Gasteiger partial charge is 0.457 e. The molecule has 0 radical (unpaired) electrons. The number of cyclic esters (lactones) is 2. The van der Waals surface area contributed by atoms with E-state index in [-0.39, 0.29) is 5.57 Å². The Morgan fingerprint density at radius 2 is 1.62 bits per heavy atom. The van der Waals surface area contributed by atoms with Crippen LogP contribution in [0.3, 0.4) is 0 Å². The van der Waals surface area contributed by atoms with Crippen molar-refractivity contribution in [1.82, 2.24) is 15.2 Å². The summed E-state index contributed by atoms with van der Waals surface area (Å²) < 4.78 is 16.1. The van der Waals surface area contributed by atoms with E-state index >= 15 is 0 Å². The van der Waals surface area contributed by atoms with E-state index in [9.17, 15) is 9.59 Å². The highest BCUT2D eigenvalue weighted by Gasteiger charge is 2.38. The van der Waals surface area contributed by atoms with Crippen molar-refractivity contribution in [3.05, 3.63) is 84.6 Å². The molecule has 1 saturated heterocycles. The number of rotatable bonds is 6. The zero-order chi connectivity index (χ0) is 26.0. The minimum atomic E-state index is -1.30. The lowest BCUT2D eigenvalue weighted by Gasteiger charge is -2.29. The number of nitrogen functional groups attached to an aromatic ring is 1. The highest BCUT2D eigenvalue weighted by atomic mass is 16.7. The van der Waals surface area contributed by atoms with Gasteiger partial charge in [-0.25, -0.2) is 14.6 Å². The van der Waals surface area contributed by atoms with Gasteiger partial charge in [0.15, 0.2) is 17.2 Å². The number of aromatic nitrogens is 3. The number of esters is 2. The van der Waals surface area contributed by atoms with Crippen LogP contribution in [0.4, 0.5) is 11.4 Å². The first-order valence-electron chi connectivity index (χ1n) is 11.4. The molecule has 2 heterocycles. The zero-order valence-corrected chi connectivity index (χ0v) is 20.0. The summed E-state index contributed by atoms with van der Waals surface area (Å²) in [5.41, 5.74) is 8.29. The zero-order valence-electron chi connectivity index (χ0n) is 20.0. The van der Waals surface area contributed by atoms with Crippen molar-refractivity contribution >= 4 is 23.3 Å². The van der Waals surface area contributed by atoms with Crippen LogP contribution in [0, 0.1) is 0 Å². The Morgan fingerprint density at radius 1 is 0.919 bits per heavy atom. The molecule has 0 atom stereocenters. The Morgan fingerprint density at radius 3 is 2.38 bits per heavy atom. The van der Waals surface area contributed by atoms with Gasteiger partial charge in [-0.2, -0.15) is 5.10 Å². The van der Waals surface area contributed by atoms with Crippen LogP contribution in [0.15, 0.2) is 84.6 Å². The molecule has 4 N–H and O–H groups in total. The van der Waals surface area contributed by atoms with E-state index in [1.807, 2.05) is 30.3 Å². The van der Waals surface area contributed by atoms with E-state index in [2.05, 4.69) is 20.5 Å². The minimum Gasteiger partial charge on any atom is -0.457 e. The molecular formula is C27H23N5O5.